The standard InChI is InChI=1S/C26H25N3O3S/c1-2-19-12-14-21(15-13-19)27-24(30)17-32-25(31)18-33-26-28-22-10-6-7-11-23(22)29(26)16-20-8-4-3-5-9-20/h3-15H,2,16-18H2,1H3,(H,27,30). The minimum absolute atomic E-state index is 0.0661. The van der Waals surface area contributed by atoms with Crippen molar-refractivity contribution in [2.45, 2.75) is 25.0 Å². The highest BCUT2D eigenvalue weighted by molar-refractivity contribution is 7.99. The number of carbonyl (C=O) groups excluding carboxylic acids is 2. The van der Waals surface area contributed by atoms with Gasteiger partial charge in [0, 0.05) is 5.69 Å². The van der Waals surface area contributed by atoms with Crippen molar-refractivity contribution in [3.8, 4) is 0 Å². The molecule has 0 aliphatic carbocycles. The van der Waals surface area contributed by atoms with Gasteiger partial charge in [-0.25, -0.2) is 4.98 Å². The molecule has 0 saturated carbocycles. The van der Waals surface area contributed by atoms with Crippen LogP contribution in [0.25, 0.3) is 11.0 Å². The van der Waals surface area contributed by atoms with Crippen LogP contribution in [0.15, 0.2) is 84.0 Å². The molecule has 7 heteroatoms. The normalized spacial score (nSPS) is 10.8. The van der Waals surface area contributed by atoms with Crippen LogP contribution in [-0.4, -0.2) is 33.8 Å². The molecule has 0 aliphatic rings. The van der Waals surface area contributed by atoms with Gasteiger partial charge >= 0.3 is 5.97 Å². The van der Waals surface area contributed by atoms with Crippen LogP contribution in [-0.2, 0) is 27.3 Å². The van der Waals surface area contributed by atoms with Gasteiger partial charge in [0.2, 0.25) is 0 Å². The number of para-hydroxylation sites is 2. The van der Waals surface area contributed by atoms with E-state index in [1.807, 2.05) is 66.7 Å². The van der Waals surface area contributed by atoms with Crippen LogP contribution < -0.4 is 5.32 Å². The zero-order chi connectivity index (χ0) is 23.0. The van der Waals surface area contributed by atoms with Crippen LogP contribution in [0, 0.1) is 0 Å². The van der Waals surface area contributed by atoms with Gasteiger partial charge in [-0.3, -0.25) is 9.59 Å². The molecule has 0 saturated heterocycles. The van der Waals surface area contributed by atoms with Crippen molar-refractivity contribution in [1.29, 1.82) is 0 Å². The minimum Gasteiger partial charge on any atom is -0.455 e. The van der Waals surface area contributed by atoms with Gasteiger partial charge in [0.15, 0.2) is 11.8 Å². The predicted molar refractivity (Wildman–Crippen MR) is 131 cm³/mol. The van der Waals surface area contributed by atoms with Crippen LogP contribution in [0.1, 0.15) is 18.1 Å². The van der Waals surface area contributed by atoms with Crippen molar-refractivity contribution < 1.29 is 14.3 Å². The molecule has 0 spiro atoms. The fourth-order valence-electron chi connectivity index (χ4n) is 3.41. The Morgan fingerprint density at radius 2 is 1.67 bits per heavy atom. The third-order valence-electron chi connectivity index (χ3n) is 5.13. The number of imidazole rings is 1. The van der Waals surface area contributed by atoms with Crippen LogP contribution >= 0.6 is 11.8 Å². The second-order valence-electron chi connectivity index (χ2n) is 7.50. The van der Waals surface area contributed by atoms with Crippen molar-refractivity contribution in [1.82, 2.24) is 9.55 Å². The summed E-state index contributed by atoms with van der Waals surface area (Å²) < 4.78 is 7.26. The average Bonchev–Trinajstić information content (AvgIpc) is 3.20. The number of hydrogen-bond donors (Lipinski definition) is 1. The topological polar surface area (TPSA) is 73.2 Å². The second kappa shape index (κ2) is 10.8. The number of benzene rings is 3. The first kappa shape index (κ1) is 22.6. The number of nitrogens with zero attached hydrogens (tertiary/aromatic N) is 2. The maximum absolute atomic E-state index is 12.3. The third-order valence-corrected chi connectivity index (χ3v) is 6.08. The molecule has 0 atom stereocenters. The molecule has 0 fully saturated rings. The molecule has 4 rings (SSSR count). The summed E-state index contributed by atoms with van der Waals surface area (Å²) in [6.45, 7) is 2.40. The largest absolute Gasteiger partial charge is 0.455 e. The molecular formula is C26H25N3O3S. The fraction of sp³-hybridized carbons (Fsp3) is 0.192. The summed E-state index contributed by atoms with van der Waals surface area (Å²) >= 11 is 1.31. The lowest BCUT2D eigenvalue weighted by Gasteiger charge is -2.09. The number of hydrogen-bond acceptors (Lipinski definition) is 5. The zero-order valence-corrected chi connectivity index (χ0v) is 19.2. The zero-order valence-electron chi connectivity index (χ0n) is 18.4. The molecule has 1 aromatic heterocycles. The highest BCUT2D eigenvalue weighted by atomic mass is 32.2. The molecule has 33 heavy (non-hydrogen) atoms. The van der Waals surface area contributed by atoms with Gasteiger partial charge in [-0.05, 0) is 41.8 Å². The first-order valence-corrected chi connectivity index (χ1v) is 11.8. The minimum atomic E-state index is -0.463. The molecule has 1 amide bonds. The van der Waals surface area contributed by atoms with Gasteiger partial charge in [-0.1, -0.05) is 73.3 Å². The van der Waals surface area contributed by atoms with Crippen molar-refractivity contribution in [3.05, 3.63) is 90.0 Å². The molecule has 0 radical (unpaired) electrons. The molecule has 4 aromatic rings. The van der Waals surface area contributed by atoms with E-state index in [0.717, 1.165) is 28.2 Å². The second-order valence-corrected chi connectivity index (χ2v) is 8.45. The van der Waals surface area contributed by atoms with E-state index in [1.54, 1.807) is 0 Å². The maximum atomic E-state index is 12.3. The Balaban J connectivity index is 1.34. The molecule has 0 unspecified atom stereocenters. The first-order chi connectivity index (χ1) is 16.1. The summed E-state index contributed by atoms with van der Waals surface area (Å²) in [4.78, 5) is 29.1. The Bertz CT molecular complexity index is 1240. The van der Waals surface area contributed by atoms with Crippen LogP contribution in [0.4, 0.5) is 5.69 Å². The Morgan fingerprint density at radius 3 is 2.42 bits per heavy atom. The number of aromatic nitrogens is 2. The number of ether oxygens (including phenoxy) is 1. The van der Waals surface area contributed by atoms with Crippen molar-refractivity contribution in [2.75, 3.05) is 17.7 Å². The number of esters is 1. The SMILES string of the molecule is CCc1ccc(NC(=O)COC(=O)CSc2nc3ccccc3n2Cc2ccccc2)cc1. The summed E-state index contributed by atoms with van der Waals surface area (Å²) in [5.41, 5.74) is 4.89. The molecule has 1 N–H and O–H groups in total. The van der Waals surface area contributed by atoms with E-state index in [2.05, 4.69) is 33.9 Å². The highest BCUT2D eigenvalue weighted by Crippen LogP contribution is 2.25. The van der Waals surface area contributed by atoms with Gasteiger partial charge in [-0.15, -0.1) is 0 Å². The van der Waals surface area contributed by atoms with Crippen molar-refractivity contribution in [2.24, 2.45) is 0 Å². The Kier molecular flexibility index (Phi) is 7.42. The van der Waals surface area contributed by atoms with E-state index in [0.29, 0.717) is 12.2 Å². The number of nitrogens with one attached hydrogen (secondary N) is 1. The molecule has 0 bridgehead atoms. The Labute approximate surface area is 197 Å². The molecule has 0 aliphatic heterocycles. The van der Waals surface area contributed by atoms with E-state index in [1.165, 1.54) is 17.3 Å². The monoisotopic (exact) mass is 459 g/mol. The highest BCUT2D eigenvalue weighted by Gasteiger charge is 2.15. The number of rotatable bonds is 9. The molecule has 1 heterocycles. The number of amides is 1. The van der Waals surface area contributed by atoms with Crippen molar-refractivity contribution in [3.63, 3.8) is 0 Å². The van der Waals surface area contributed by atoms with E-state index in [4.69, 9.17) is 4.74 Å². The number of thioether (sulfide) groups is 1. The maximum Gasteiger partial charge on any atom is 0.316 e. The summed E-state index contributed by atoms with van der Waals surface area (Å²) in [6.07, 6.45) is 0.933. The quantitative estimate of drug-likeness (QED) is 0.284. The smallest absolute Gasteiger partial charge is 0.316 e. The summed E-state index contributed by atoms with van der Waals surface area (Å²) in [5, 5.41) is 3.47. The summed E-state index contributed by atoms with van der Waals surface area (Å²) in [7, 11) is 0. The van der Waals surface area contributed by atoms with E-state index < -0.39 is 5.97 Å². The van der Waals surface area contributed by atoms with Gasteiger partial charge in [0.25, 0.3) is 5.91 Å². The first-order valence-electron chi connectivity index (χ1n) is 10.8. The van der Waals surface area contributed by atoms with Gasteiger partial charge in [-0.2, -0.15) is 0 Å². The summed E-state index contributed by atoms with van der Waals surface area (Å²) in [5.74, 6) is -0.764. The van der Waals surface area contributed by atoms with E-state index >= 15 is 0 Å². The number of carbonyl (C=O) groups is 2. The third kappa shape index (κ3) is 6.02. The van der Waals surface area contributed by atoms with Crippen LogP contribution in [0.2, 0.25) is 0 Å². The lowest BCUT2D eigenvalue weighted by atomic mass is 10.1. The van der Waals surface area contributed by atoms with Crippen molar-refractivity contribution >= 4 is 40.4 Å². The molecule has 3 aromatic carbocycles. The average molecular weight is 460 g/mol. The van der Waals surface area contributed by atoms with Crippen LogP contribution in [0.5, 0.6) is 0 Å². The molecule has 6 nitrogen and oxygen atoms in total. The van der Waals surface area contributed by atoms with E-state index in [9.17, 15) is 9.59 Å². The lowest BCUT2D eigenvalue weighted by Crippen LogP contribution is -2.21. The van der Waals surface area contributed by atoms with Gasteiger partial charge < -0.3 is 14.6 Å². The lowest BCUT2D eigenvalue weighted by molar-refractivity contribution is -0.144. The Hall–Kier alpha value is -3.58. The van der Waals surface area contributed by atoms with Crippen LogP contribution in [0.3, 0.4) is 0 Å². The van der Waals surface area contributed by atoms with Gasteiger partial charge in [0.1, 0.15) is 0 Å². The number of anilines is 1. The van der Waals surface area contributed by atoms with Gasteiger partial charge in [0.05, 0.1) is 23.3 Å². The molecular weight excluding hydrogens is 434 g/mol. The number of fused-ring (bicyclic) bond motifs is 1. The summed E-state index contributed by atoms with van der Waals surface area (Å²) in [6, 6.07) is 25.6. The number of aryl methyl sites for hydroxylation is 1. The molecule has 168 valence electrons. The van der Waals surface area contributed by atoms with E-state index in [-0.39, 0.29) is 18.3 Å². The predicted octanol–water partition coefficient (Wildman–Crippen LogP) is 4.92. The Morgan fingerprint density at radius 1 is 0.939 bits per heavy atom. The fourth-order valence-corrected chi connectivity index (χ4v) is 4.23.